The molecule has 7 heteroatoms. The highest BCUT2D eigenvalue weighted by atomic mass is 32.2. The van der Waals surface area contributed by atoms with Gasteiger partial charge in [0.2, 0.25) is 0 Å². The molecule has 6 nitrogen and oxygen atoms in total. The molecule has 0 aliphatic heterocycles. The summed E-state index contributed by atoms with van der Waals surface area (Å²) in [6, 6.07) is 7.53. The van der Waals surface area contributed by atoms with E-state index >= 15 is 0 Å². The standard InChI is InChI=1S/C12H12N4O2S/c1-8-14-15-12-10(7-19(2,17)18)13-9-5-3-4-6-11(9)16(8)12/h3-6H,7H2,1-2H3. The molecule has 0 unspecified atom stereocenters. The van der Waals surface area contributed by atoms with Crippen LogP contribution in [-0.2, 0) is 15.6 Å². The van der Waals surface area contributed by atoms with Crippen molar-refractivity contribution in [2.45, 2.75) is 12.7 Å². The van der Waals surface area contributed by atoms with Crippen molar-refractivity contribution in [3.63, 3.8) is 0 Å². The maximum absolute atomic E-state index is 11.5. The number of aromatic nitrogens is 4. The quantitative estimate of drug-likeness (QED) is 0.701. The number of sulfone groups is 1. The van der Waals surface area contributed by atoms with Crippen LogP contribution in [0.1, 0.15) is 11.5 Å². The predicted molar refractivity (Wildman–Crippen MR) is 71.6 cm³/mol. The van der Waals surface area contributed by atoms with Gasteiger partial charge >= 0.3 is 0 Å². The molecule has 98 valence electrons. The zero-order valence-electron chi connectivity index (χ0n) is 10.5. The Labute approximate surface area is 110 Å². The van der Waals surface area contributed by atoms with Crippen LogP contribution < -0.4 is 0 Å². The highest BCUT2D eigenvalue weighted by Crippen LogP contribution is 2.19. The first-order valence-corrected chi connectivity index (χ1v) is 7.79. The van der Waals surface area contributed by atoms with Crippen molar-refractivity contribution in [1.82, 2.24) is 19.6 Å². The highest BCUT2D eigenvalue weighted by Gasteiger charge is 2.16. The van der Waals surface area contributed by atoms with Crippen LogP contribution in [0.15, 0.2) is 24.3 Å². The Kier molecular flexibility index (Phi) is 2.53. The predicted octanol–water partition coefficient (Wildman–Crippen LogP) is 1.13. The average Bonchev–Trinajstić information content (AvgIpc) is 2.71. The largest absolute Gasteiger partial charge is 0.276 e. The van der Waals surface area contributed by atoms with Crippen LogP contribution >= 0.6 is 0 Å². The molecule has 0 bridgehead atoms. The number of nitrogens with zero attached hydrogens (tertiary/aromatic N) is 4. The Hall–Kier alpha value is -2.02. The van der Waals surface area contributed by atoms with E-state index in [1.807, 2.05) is 35.6 Å². The number of hydrogen-bond donors (Lipinski definition) is 0. The molecule has 0 aliphatic carbocycles. The molecule has 3 rings (SSSR count). The molecule has 2 aromatic heterocycles. The van der Waals surface area contributed by atoms with Gasteiger partial charge in [0, 0.05) is 6.26 Å². The van der Waals surface area contributed by atoms with Crippen molar-refractivity contribution >= 4 is 26.5 Å². The van der Waals surface area contributed by atoms with Gasteiger partial charge in [-0.2, -0.15) is 0 Å². The molecule has 0 spiro atoms. The summed E-state index contributed by atoms with van der Waals surface area (Å²) in [6.45, 7) is 1.83. The first kappa shape index (κ1) is 12.0. The summed E-state index contributed by atoms with van der Waals surface area (Å²) in [4.78, 5) is 4.40. The zero-order chi connectivity index (χ0) is 13.6. The molecular formula is C12H12N4O2S. The van der Waals surface area contributed by atoms with E-state index in [1.165, 1.54) is 6.26 Å². The fourth-order valence-electron chi connectivity index (χ4n) is 2.13. The third-order valence-corrected chi connectivity index (χ3v) is 3.66. The van der Waals surface area contributed by atoms with Crippen molar-refractivity contribution in [2.75, 3.05) is 6.26 Å². The van der Waals surface area contributed by atoms with Crippen molar-refractivity contribution in [2.24, 2.45) is 0 Å². The van der Waals surface area contributed by atoms with Gasteiger partial charge in [-0.1, -0.05) is 12.1 Å². The molecular weight excluding hydrogens is 264 g/mol. The number of benzene rings is 1. The van der Waals surface area contributed by atoms with Crippen LogP contribution in [0.25, 0.3) is 16.7 Å². The van der Waals surface area contributed by atoms with E-state index in [2.05, 4.69) is 15.2 Å². The van der Waals surface area contributed by atoms with E-state index in [1.54, 1.807) is 0 Å². The second-order valence-electron chi connectivity index (χ2n) is 4.52. The first-order valence-electron chi connectivity index (χ1n) is 5.73. The van der Waals surface area contributed by atoms with Crippen LogP contribution in [0, 0.1) is 6.92 Å². The molecule has 0 amide bonds. The van der Waals surface area contributed by atoms with Crippen LogP contribution in [0.5, 0.6) is 0 Å². The third kappa shape index (κ3) is 2.06. The lowest BCUT2D eigenvalue weighted by Gasteiger charge is -2.06. The molecule has 0 radical (unpaired) electrons. The van der Waals surface area contributed by atoms with Gasteiger partial charge in [0.1, 0.15) is 11.5 Å². The Morgan fingerprint density at radius 1 is 1.21 bits per heavy atom. The molecule has 0 N–H and O–H groups in total. The minimum absolute atomic E-state index is 0.139. The molecule has 0 saturated heterocycles. The van der Waals surface area contributed by atoms with E-state index in [0.29, 0.717) is 17.2 Å². The van der Waals surface area contributed by atoms with Gasteiger partial charge in [0.25, 0.3) is 0 Å². The number of hydrogen-bond acceptors (Lipinski definition) is 5. The monoisotopic (exact) mass is 276 g/mol. The van der Waals surface area contributed by atoms with Gasteiger partial charge in [-0.25, -0.2) is 13.4 Å². The van der Waals surface area contributed by atoms with Gasteiger partial charge in [0.15, 0.2) is 15.5 Å². The van der Waals surface area contributed by atoms with Gasteiger partial charge in [0.05, 0.1) is 16.8 Å². The fourth-order valence-corrected chi connectivity index (χ4v) is 2.82. The summed E-state index contributed by atoms with van der Waals surface area (Å²) in [5, 5.41) is 8.05. The molecule has 0 atom stereocenters. The van der Waals surface area contributed by atoms with Gasteiger partial charge in [-0.3, -0.25) is 4.40 Å². The average molecular weight is 276 g/mol. The first-order chi connectivity index (χ1) is 8.96. The van der Waals surface area contributed by atoms with E-state index in [0.717, 1.165) is 11.0 Å². The Morgan fingerprint density at radius 2 is 1.95 bits per heavy atom. The normalized spacial score (nSPS) is 12.3. The number of fused-ring (bicyclic) bond motifs is 3. The van der Waals surface area contributed by atoms with Crippen molar-refractivity contribution in [1.29, 1.82) is 0 Å². The number of rotatable bonds is 2. The summed E-state index contributed by atoms with van der Waals surface area (Å²) in [5.41, 5.74) is 2.54. The van der Waals surface area contributed by atoms with E-state index in [9.17, 15) is 8.42 Å². The molecule has 0 fully saturated rings. The molecule has 0 aliphatic rings. The Balaban J connectivity index is 2.44. The minimum Gasteiger partial charge on any atom is -0.276 e. The lowest BCUT2D eigenvalue weighted by molar-refractivity contribution is 0.600. The van der Waals surface area contributed by atoms with Crippen LogP contribution in [0.2, 0.25) is 0 Å². The maximum Gasteiger partial charge on any atom is 0.184 e. The smallest absolute Gasteiger partial charge is 0.184 e. The Bertz CT molecular complexity index is 883. The second-order valence-corrected chi connectivity index (χ2v) is 6.66. The summed E-state index contributed by atoms with van der Waals surface area (Å²) < 4.78 is 24.8. The maximum atomic E-state index is 11.5. The van der Waals surface area contributed by atoms with Gasteiger partial charge in [-0.15, -0.1) is 10.2 Å². The molecule has 0 saturated carbocycles. The molecule has 2 heterocycles. The van der Waals surface area contributed by atoms with Crippen LogP contribution in [0.3, 0.4) is 0 Å². The number of aryl methyl sites for hydroxylation is 1. The van der Waals surface area contributed by atoms with Crippen LogP contribution in [-0.4, -0.2) is 34.3 Å². The van der Waals surface area contributed by atoms with Crippen molar-refractivity contribution in [3.05, 3.63) is 35.8 Å². The molecule has 19 heavy (non-hydrogen) atoms. The van der Waals surface area contributed by atoms with Crippen molar-refractivity contribution in [3.8, 4) is 0 Å². The molecule has 3 aromatic rings. The SMILES string of the molecule is Cc1nnc2c(CS(C)(=O)=O)nc3ccccc3n12. The lowest BCUT2D eigenvalue weighted by atomic mass is 10.3. The van der Waals surface area contributed by atoms with E-state index in [4.69, 9.17) is 0 Å². The van der Waals surface area contributed by atoms with Crippen LogP contribution in [0.4, 0.5) is 0 Å². The highest BCUT2D eigenvalue weighted by molar-refractivity contribution is 7.89. The summed E-state index contributed by atoms with van der Waals surface area (Å²) in [5.74, 6) is 0.572. The van der Waals surface area contributed by atoms with Gasteiger partial charge in [-0.05, 0) is 19.1 Å². The van der Waals surface area contributed by atoms with E-state index < -0.39 is 9.84 Å². The van der Waals surface area contributed by atoms with Crippen molar-refractivity contribution < 1.29 is 8.42 Å². The van der Waals surface area contributed by atoms with E-state index in [-0.39, 0.29) is 5.75 Å². The zero-order valence-corrected chi connectivity index (χ0v) is 11.3. The summed E-state index contributed by atoms with van der Waals surface area (Å²) in [7, 11) is -3.17. The third-order valence-electron chi connectivity index (χ3n) is 2.86. The Morgan fingerprint density at radius 3 is 2.68 bits per heavy atom. The summed E-state index contributed by atoms with van der Waals surface area (Å²) in [6.07, 6.45) is 1.18. The minimum atomic E-state index is -3.17. The lowest BCUT2D eigenvalue weighted by Crippen LogP contribution is -2.06. The van der Waals surface area contributed by atoms with Gasteiger partial charge < -0.3 is 0 Å². The fraction of sp³-hybridized carbons (Fsp3) is 0.250. The topological polar surface area (TPSA) is 77.2 Å². The second kappa shape index (κ2) is 3.99. The number of para-hydroxylation sites is 2. The molecule has 1 aromatic carbocycles. The summed E-state index contributed by atoms with van der Waals surface area (Å²) >= 11 is 0.